The Labute approximate surface area is 153 Å². The van der Waals surface area contributed by atoms with Crippen LogP contribution in [0.15, 0.2) is 48.5 Å². The van der Waals surface area contributed by atoms with E-state index in [0.717, 1.165) is 15.7 Å². The fourth-order valence-corrected chi connectivity index (χ4v) is 2.95. The van der Waals surface area contributed by atoms with E-state index < -0.39 is 17.7 Å². The molecule has 2 aromatic carbocycles. The third kappa shape index (κ3) is 4.82. The maximum atomic E-state index is 12.8. The van der Waals surface area contributed by atoms with Crippen molar-refractivity contribution in [2.45, 2.75) is 32.4 Å². The molecule has 0 aliphatic heterocycles. The first-order valence-electron chi connectivity index (χ1n) is 7.65. The second-order valence-corrected chi connectivity index (χ2v) is 7.42. The highest BCUT2D eigenvalue weighted by atomic mass is 127. The monoisotopic (exact) mass is 446 g/mol. The second-order valence-electron chi connectivity index (χ2n) is 6.17. The van der Waals surface area contributed by atoms with Crippen LogP contribution in [0.25, 0.3) is 0 Å². The van der Waals surface area contributed by atoms with Crippen LogP contribution in [0.2, 0.25) is 0 Å². The van der Waals surface area contributed by atoms with Crippen LogP contribution in [0, 0.1) is 9.49 Å². The van der Waals surface area contributed by atoms with Gasteiger partial charge in [0.05, 0.1) is 5.56 Å². The topological polar surface area (TPSA) is 17.1 Å². The Morgan fingerprint density at radius 3 is 2.00 bits per heavy atom. The third-order valence-corrected chi connectivity index (χ3v) is 4.51. The van der Waals surface area contributed by atoms with Crippen molar-refractivity contribution in [3.63, 3.8) is 0 Å². The number of carbonyl (C=O) groups excluding carboxylic acids is 1. The first kappa shape index (κ1) is 19.0. The molecular weight excluding hydrogens is 428 g/mol. The van der Waals surface area contributed by atoms with E-state index in [9.17, 15) is 18.0 Å². The van der Waals surface area contributed by atoms with Crippen molar-refractivity contribution in [2.75, 3.05) is 0 Å². The molecule has 0 aromatic heterocycles. The van der Waals surface area contributed by atoms with E-state index in [1.165, 1.54) is 12.1 Å². The van der Waals surface area contributed by atoms with Crippen LogP contribution in [0.1, 0.15) is 47.7 Å². The number of alkyl halides is 3. The van der Waals surface area contributed by atoms with E-state index in [0.29, 0.717) is 17.5 Å². The van der Waals surface area contributed by atoms with Crippen molar-refractivity contribution in [3.05, 3.63) is 68.8 Å². The van der Waals surface area contributed by atoms with Gasteiger partial charge in [0.15, 0.2) is 5.78 Å². The standard InChI is InChI=1S/C19H18F3IO/c1-12(2)11-17(18(24)14-5-9-16(23)10-6-14)13-3-7-15(8-4-13)19(20,21)22/h3-10,12,17H,11H2,1-2H3. The first-order valence-corrected chi connectivity index (χ1v) is 8.73. The normalized spacial score (nSPS) is 13.1. The molecular formula is C19H18F3IO. The average molecular weight is 446 g/mol. The van der Waals surface area contributed by atoms with E-state index in [1.807, 2.05) is 26.0 Å². The van der Waals surface area contributed by atoms with Crippen LogP contribution < -0.4 is 0 Å². The SMILES string of the molecule is CC(C)CC(C(=O)c1ccc(I)cc1)c1ccc(C(F)(F)F)cc1. The molecule has 0 aliphatic rings. The highest BCUT2D eigenvalue weighted by Gasteiger charge is 2.31. The number of rotatable bonds is 5. The minimum Gasteiger partial charge on any atom is -0.293 e. The maximum Gasteiger partial charge on any atom is 0.416 e. The Balaban J connectivity index is 2.34. The van der Waals surface area contributed by atoms with Crippen LogP contribution in [-0.2, 0) is 6.18 Å². The van der Waals surface area contributed by atoms with E-state index in [-0.39, 0.29) is 11.7 Å². The molecule has 0 N–H and O–H groups in total. The van der Waals surface area contributed by atoms with Gasteiger partial charge < -0.3 is 0 Å². The highest BCUT2D eigenvalue weighted by molar-refractivity contribution is 14.1. The summed E-state index contributed by atoms with van der Waals surface area (Å²) in [4.78, 5) is 12.8. The Hall–Kier alpha value is -1.37. The molecule has 1 unspecified atom stereocenters. The van der Waals surface area contributed by atoms with E-state index in [2.05, 4.69) is 22.6 Å². The predicted octanol–water partition coefficient (Wildman–Crippen LogP) is 6.32. The van der Waals surface area contributed by atoms with Crippen molar-refractivity contribution >= 4 is 28.4 Å². The van der Waals surface area contributed by atoms with Gasteiger partial charge in [-0.15, -0.1) is 0 Å². The smallest absolute Gasteiger partial charge is 0.293 e. The van der Waals surface area contributed by atoms with Crippen molar-refractivity contribution in [1.82, 2.24) is 0 Å². The summed E-state index contributed by atoms with van der Waals surface area (Å²) in [6.45, 7) is 4.00. The summed E-state index contributed by atoms with van der Waals surface area (Å²) >= 11 is 2.16. The number of Topliss-reactive ketones (excluding diaryl/α,β-unsaturated/α-hetero) is 1. The summed E-state index contributed by atoms with van der Waals surface area (Å²) in [6, 6.07) is 12.2. The lowest BCUT2D eigenvalue weighted by molar-refractivity contribution is -0.137. The molecule has 1 nitrogen and oxygen atoms in total. The number of carbonyl (C=O) groups is 1. The molecule has 2 rings (SSSR count). The lowest BCUT2D eigenvalue weighted by Gasteiger charge is -2.19. The Bertz CT molecular complexity index is 688. The average Bonchev–Trinajstić information content (AvgIpc) is 2.52. The van der Waals surface area contributed by atoms with Gasteiger partial charge in [-0.2, -0.15) is 13.2 Å². The molecule has 2 aromatic rings. The predicted molar refractivity (Wildman–Crippen MR) is 97.1 cm³/mol. The van der Waals surface area contributed by atoms with Crippen LogP contribution in [-0.4, -0.2) is 5.78 Å². The second kappa shape index (κ2) is 7.68. The quantitative estimate of drug-likeness (QED) is 0.388. The molecule has 24 heavy (non-hydrogen) atoms. The fraction of sp³-hybridized carbons (Fsp3) is 0.316. The molecule has 0 saturated heterocycles. The molecule has 128 valence electrons. The molecule has 1 atom stereocenters. The molecule has 0 spiro atoms. The Morgan fingerprint density at radius 1 is 1.00 bits per heavy atom. The van der Waals surface area contributed by atoms with Gasteiger partial charge >= 0.3 is 6.18 Å². The van der Waals surface area contributed by atoms with Gasteiger partial charge in [0.25, 0.3) is 0 Å². The zero-order valence-electron chi connectivity index (χ0n) is 13.4. The summed E-state index contributed by atoms with van der Waals surface area (Å²) in [7, 11) is 0. The Kier molecular flexibility index (Phi) is 6.06. The van der Waals surface area contributed by atoms with Crippen LogP contribution in [0.5, 0.6) is 0 Å². The minimum absolute atomic E-state index is 0.0557. The van der Waals surface area contributed by atoms with E-state index >= 15 is 0 Å². The summed E-state index contributed by atoms with van der Waals surface area (Å²) in [5.41, 5.74) is 0.512. The maximum absolute atomic E-state index is 12.8. The minimum atomic E-state index is -4.37. The number of ketones is 1. The molecule has 0 radical (unpaired) electrons. The molecule has 5 heteroatoms. The summed E-state index contributed by atoms with van der Waals surface area (Å²) < 4.78 is 39.2. The van der Waals surface area contributed by atoms with Crippen molar-refractivity contribution in [2.24, 2.45) is 5.92 Å². The van der Waals surface area contributed by atoms with Crippen LogP contribution in [0.4, 0.5) is 13.2 Å². The zero-order chi connectivity index (χ0) is 17.9. The molecule has 0 amide bonds. The van der Waals surface area contributed by atoms with Gasteiger partial charge in [-0.25, -0.2) is 0 Å². The fourth-order valence-electron chi connectivity index (χ4n) is 2.59. The van der Waals surface area contributed by atoms with Crippen LogP contribution >= 0.6 is 22.6 Å². The lowest BCUT2D eigenvalue weighted by atomic mass is 9.84. The van der Waals surface area contributed by atoms with Crippen LogP contribution in [0.3, 0.4) is 0 Å². The first-order chi connectivity index (χ1) is 11.2. The number of benzene rings is 2. The van der Waals surface area contributed by atoms with Crippen molar-refractivity contribution < 1.29 is 18.0 Å². The van der Waals surface area contributed by atoms with Gasteiger partial charge in [-0.1, -0.05) is 38.1 Å². The van der Waals surface area contributed by atoms with Gasteiger partial charge in [-0.05, 0) is 64.8 Å². The lowest BCUT2D eigenvalue weighted by Crippen LogP contribution is -2.16. The van der Waals surface area contributed by atoms with Crippen molar-refractivity contribution in [1.29, 1.82) is 0 Å². The summed E-state index contributed by atoms with van der Waals surface area (Å²) in [5, 5.41) is 0. The third-order valence-electron chi connectivity index (χ3n) is 3.79. The zero-order valence-corrected chi connectivity index (χ0v) is 15.6. The molecule has 0 aliphatic carbocycles. The van der Waals surface area contributed by atoms with E-state index in [1.54, 1.807) is 12.1 Å². The summed E-state index contributed by atoms with van der Waals surface area (Å²) in [6.07, 6.45) is -3.78. The number of hydrogen-bond acceptors (Lipinski definition) is 1. The van der Waals surface area contributed by atoms with Gasteiger partial charge in [0.2, 0.25) is 0 Å². The number of hydrogen-bond donors (Lipinski definition) is 0. The van der Waals surface area contributed by atoms with E-state index in [4.69, 9.17) is 0 Å². The largest absolute Gasteiger partial charge is 0.416 e. The molecule has 0 saturated carbocycles. The van der Waals surface area contributed by atoms with Crippen molar-refractivity contribution in [3.8, 4) is 0 Å². The van der Waals surface area contributed by atoms with Gasteiger partial charge in [0.1, 0.15) is 0 Å². The molecule has 0 bridgehead atoms. The molecule has 0 heterocycles. The summed E-state index contributed by atoms with van der Waals surface area (Å²) in [5.74, 6) is -0.239. The number of halogens is 4. The van der Waals surface area contributed by atoms with Gasteiger partial charge in [-0.3, -0.25) is 4.79 Å². The highest BCUT2D eigenvalue weighted by Crippen LogP contribution is 2.33. The van der Waals surface area contributed by atoms with Gasteiger partial charge in [0, 0.05) is 15.1 Å². The Morgan fingerprint density at radius 2 is 1.54 bits per heavy atom. The molecule has 0 fully saturated rings.